The number of nitrogen functional groups attached to an aromatic ring is 1. The van der Waals surface area contributed by atoms with Crippen molar-refractivity contribution in [2.24, 2.45) is 0 Å². The van der Waals surface area contributed by atoms with Crippen molar-refractivity contribution in [3.05, 3.63) is 28.2 Å². The van der Waals surface area contributed by atoms with Crippen molar-refractivity contribution in [1.29, 1.82) is 0 Å². The molecule has 0 bridgehead atoms. The SMILES string of the molecule is Nc1nc(Oc2cccc(Cl)c2Cl)nc(N2CCCC2)n1. The summed E-state index contributed by atoms with van der Waals surface area (Å²) in [6.07, 6.45) is 2.23. The maximum atomic E-state index is 6.08. The number of halogens is 2. The third-order valence-electron chi connectivity index (χ3n) is 3.13. The first-order valence-electron chi connectivity index (χ1n) is 6.52. The highest BCUT2D eigenvalue weighted by molar-refractivity contribution is 6.42. The molecular weight excluding hydrogens is 313 g/mol. The van der Waals surface area contributed by atoms with Gasteiger partial charge in [0.05, 0.1) is 5.02 Å². The van der Waals surface area contributed by atoms with Crippen LogP contribution in [0.1, 0.15) is 12.8 Å². The second-order valence-corrected chi connectivity index (χ2v) is 5.41. The van der Waals surface area contributed by atoms with Crippen molar-refractivity contribution in [2.75, 3.05) is 23.7 Å². The van der Waals surface area contributed by atoms with Crippen molar-refractivity contribution < 1.29 is 4.74 Å². The van der Waals surface area contributed by atoms with Crippen molar-refractivity contribution >= 4 is 35.1 Å². The van der Waals surface area contributed by atoms with Crippen LogP contribution in [-0.2, 0) is 0 Å². The molecule has 0 aliphatic carbocycles. The lowest BCUT2D eigenvalue weighted by Crippen LogP contribution is -2.21. The standard InChI is InChI=1S/C13H13Cl2N5O/c14-8-4-3-5-9(10(8)15)21-13-18-11(16)17-12(19-13)20-6-1-2-7-20/h3-5H,1-2,6-7H2,(H2,16,17,18,19). The number of hydrogen-bond donors (Lipinski definition) is 1. The van der Waals surface area contributed by atoms with Crippen LogP contribution in [0.5, 0.6) is 11.8 Å². The summed E-state index contributed by atoms with van der Waals surface area (Å²) in [6, 6.07) is 5.20. The van der Waals surface area contributed by atoms with Gasteiger partial charge in [-0.3, -0.25) is 0 Å². The number of nitrogens with two attached hydrogens (primary N) is 1. The van der Waals surface area contributed by atoms with Crippen LogP contribution in [0.25, 0.3) is 0 Å². The van der Waals surface area contributed by atoms with Crippen LogP contribution < -0.4 is 15.4 Å². The molecule has 0 radical (unpaired) electrons. The maximum absolute atomic E-state index is 6.08. The molecule has 2 heterocycles. The van der Waals surface area contributed by atoms with E-state index in [0.29, 0.717) is 21.7 Å². The van der Waals surface area contributed by atoms with E-state index in [2.05, 4.69) is 15.0 Å². The molecule has 0 atom stereocenters. The molecule has 1 aromatic heterocycles. The fourth-order valence-electron chi connectivity index (χ4n) is 2.13. The quantitative estimate of drug-likeness (QED) is 0.934. The van der Waals surface area contributed by atoms with Gasteiger partial charge in [-0.25, -0.2) is 0 Å². The van der Waals surface area contributed by atoms with Crippen molar-refractivity contribution in [3.63, 3.8) is 0 Å². The molecule has 0 spiro atoms. The van der Waals surface area contributed by atoms with Gasteiger partial charge in [0.25, 0.3) is 0 Å². The van der Waals surface area contributed by atoms with Gasteiger partial charge in [0, 0.05) is 13.1 Å². The zero-order valence-corrected chi connectivity index (χ0v) is 12.6. The second kappa shape index (κ2) is 5.91. The van der Waals surface area contributed by atoms with Crippen molar-refractivity contribution in [3.8, 4) is 11.8 Å². The lowest BCUT2D eigenvalue weighted by atomic mass is 10.3. The summed E-state index contributed by atoms with van der Waals surface area (Å²) < 4.78 is 5.59. The summed E-state index contributed by atoms with van der Waals surface area (Å²) in [7, 11) is 0. The van der Waals surface area contributed by atoms with Gasteiger partial charge in [-0.2, -0.15) is 15.0 Å². The fourth-order valence-corrected chi connectivity index (χ4v) is 2.46. The van der Waals surface area contributed by atoms with Crippen LogP contribution in [0, 0.1) is 0 Å². The fraction of sp³-hybridized carbons (Fsp3) is 0.308. The van der Waals surface area contributed by atoms with Crippen LogP contribution in [0.3, 0.4) is 0 Å². The van der Waals surface area contributed by atoms with Crippen LogP contribution in [-0.4, -0.2) is 28.0 Å². The van der Waals surface area contributed by atoms with Crippen LogP contribution in [0.2, 0.25) is 10.0 Å². The molecule has 1 aromatic carbocycles. The zero-order valence-electron chi connectivity index (χ0n) is 11.1. The summed E-state index contributed by atoms with van der Waals surface area (Å²) in [4.78, 5) is 14.4. The average molecular weight is 326 g/mol. The second-order valence-electron chi connectivity index (χ2n) is 4.62. The average Bonchev–Trinajstić information content (AvgIpc) is 2.97. The maximum Gasteiger partial charge on any atom is 0.328 e. The molecule has 0 unspecified atom stereocenters. The van der Waals surface area contributed by atoms with Gasteiger partial charge >= 0.3 is 6.01 Å². The molecule has 1 saturated heterocycles. The minimum absolute atomic E-state index is 0.105. The highest BCUT2D eigenvalue weighted by Gasteiger charge is 2.18. The number of ether oxygens (including phenoxy) is 1. The molecule has 110 valence electrons. The Labute approximate surface area is 131 Å². The zero-order chi connectivity index (χ0) is 14.8. The van der Waals surface area contributed by atoms with Gasteiger partial charge in [0.2, 0.25) is 11.9 Å². The summed E-state index contributed by atoms with van der Waals surface area (Å²) >= 11 is 12.0. The molecule has 6 nitrogen and oxygen atoms in total. The Morgan fingerprint density at radius 3 is 2.62 bits per heavy atom. The lowest BCUT2D eigenvalue weighted by molar-refractivity contribution is 0.441. The Bertz CT molecular complexity index is 661. The molecule has 8 heteroatoms. The van der Waals surface area contributed by atoms with Gasteiger partial charge in [-0.05, 0) is 25.0 Å². The minimum Gasteiger partial charge on any atom is -0.422 e. The van der Waals surface area contributed by atoms with Crippen LogP contribution in [0.15, 0.2) is 18.2 Å². The molecule has 0 amide bonds. The molecular formula is C13H13Cl2N5O. The molecule has 2 aromatic rings. The van der Waals surface area contributed by atoms with Crippen molar-refractivity contribution in [2.45, 2.75) is 12.8 Å². The first-order valence-corrected chi connectivity index (χ1v) is 7.27. The van der Waals surface area contributed by atoms with Crippen LogP contribution in [0.4, 0.5) is 11.9 Å². The van der Waals surface area contributed by atoms with E-state index in [9.17, 15) is 0 Å². The Morgan fingerprint density at radius 2 is 1.86 bits per heavy atom. The first-order chi connectivity index (χ1) is 10.1. The van der Waals surface area contributed by atoms with Gasteiger partial charge in [0.1, 0.15) is 5.02 Å². The third kappa shape index (κ3) is 3.11. The summed E-state index contributed by atoms with van der Waals surface area (Å²) in [5.41, 5.74) is 5.72. The predicted octanol–water partition coefficient (Wildman–Crippen LogP) is 3.15. The van der Waals surface area contributed by atoms with Gasteiger partial charge in [0.15, 0.2) is 5.75 Å². The van der Waals surface area contributed by atoms with Gasteiger partial charge in [-0.1, -0.05) is 29.3 Å². The van der Waals surface area contributed by atoms with E-state index in [4.69, 9.17) is 33.7 Å². The number of nitrogens with zero attached hydrogens (tertiary/aromatic N) is 4. The molecule has 1 aliphatic heterocycles. The van der Waals surface area contributed by atoms with E-state index in [-0.39, 0.29) is 12.0 Å². The third-order valence-corrected chi connectivity index (χ3v) is 3.93. The van der Waals surface area contributed by atoms with Gasteiger partial charge in [-0.15, -0.1) is 0 Å². The first kappa shape index (κ1) is 14.2. The van der Waals surface area contributed by atoms with E-state index in [1.54, 1.807) is 18.2 Å². The smallest absolute Gasteiger partial charge is 0.328 e. The van der Waals surface area contributed by atoms with E-state index < -0.39 is 0 Å². The van der Waals surface area contributed by atoms with E-state index in [1.807, 2.05) is 4.90 Å². The summed E-state index contributed by atoms with van der Waals surface area (Å²) in [6.45, 7) is 1.81. The number of hydrogen-bond acceptors (Lipinski definition) is 6. The number of rotatable bonds is 3. The van der Waals surface area contributed by atoms with Crippen molar-refractivity contribution in [1.82, 2.24) is 15.0 Å². The number of anilines is 2. The van der Waals surface area contributed by atoms with E-state index in [1.165, 1.54) is 0 Å². The van der Waals surface area contributed by atoms with Crippen LogP contribution >= 0.6 is 23.2 Å². The monoisotopic (exact) mass is 325 g/mol. The van der Waals surface area contributed by atoms with E-state index >= 15 is 0 Å². The normalized spacial score (nSPS) is 14.5. The van der Waals surface area contributed by atoms with E-state index in [0.717, 1.165) is 25.9 Å². The molecule has 1 aliphatic rings. The summed E-state index contributed by atoms with van der Waals surface area (Å²) in [5.74, 6) is 1.01. The Hall–Kier alpha value is -1.79. The highest BCUT2D eigenvalue weighted by Crippen LogP contribution is 2.34. The Morgan fingerprint density at radius 1 is 1.10 bits per heavy atom. The molecule has 3 rings (SSSR count). The lowest BCUT2D eigenvalue weighted by Gasteiger charge is -2.15. The molecule has 1 fully saturated rings. The predicted molar refractivity (Wildman–Crippen MR) is 82.2 cm³/mol. The molecule has 0 saturated carbocycles. The number of aromatic nitrogens is 3. The number of benzene rings is 1. The molecule has 21 heavy (non-hydrogen) atoms. The topological polar surface area (TPSA) is 77.2 Å². The molecule has 2 N–H and O–H groups in total. The highest BCUT2D eigenvalue weighted by atomic mass is 35.5. The summed E-state index contributed by atoms with van der Waals surface area (Å²) in [5, 5.41) is 0.705. The van der Waals surface area contributed by atoms with Gasteiger partial charge < -0.3 is 15.4 Å². The Kier molecular flexibility index (Phi) is 3.98. The Balaban J connectivity index is 1.89. The largest absolute Gasteiger partial charge is 0.422 e. The minimum atomic E-state index is 0.105.